The van der Waals surface area contributed by atoms with Crippen LogP contribution in [0.2, 0.25) is 0 Å². The number of nitrogen functional groups attached to an aromatic ring is 1. The Kier molecular flexibility index (Phi) is 4.91. The first-order valence-corrected chi connectivity index (χ1v) is 10.5. The van der Waals surface area contributed by atoms with Gasteiger partial charge in [-0.1, -0.05) is 0 Å². The van der Waals surface area contributed by atoms with Crippen molar-refractivity contribution in [3.05, 3.63) is 59.7 Å². The number of alkyl halides is 3. The largest absolute Gasteiger partial charge is 0.417 e. The van der Waals surface area contributed by atoms with Gasteiger partial charge in [0.05, 0.1) is 22.8 Å². The lowest BCUT2D eigenvalue weighted by atomic mass is 9.92. The minimum Gasteiger partial charge on any atom is -0.369 e. The lowest BCUT2D eigenvalue weighted by molar-refractivity contribution is -0.137. The summed E-state index contributed by atoms with van der Waals surface area (Å²) in [5, 5.41) is 8.59. The van der Waals surface area contributed by atoms with Gasteiger partial charge in [-0.05, 0) is 56.5 Å². The Morgan fingerprint density at radius 3 is 2.73 bits per heavy atom. The van der Waals surface area contributed by atoms with Crippen molar-refractivity contribution in [2.24, 2.45) is 0 Å². The van der Waals surface area contributed by atoms with Crippen LogP contribution in [0, 0.1) is 0 Å². The highest BCUT2D eigenvalue weighted by Gasteiger charge is 2.36. The molecule has 1 aliphatic heterocycles. The molecule has 1 aliphatic rings. The Morgan fingerprint density at radius 2 is 2.00 bits per heavy atom. The van der Waals surface area contributed by atoms with E-state index in [2.05, 4.69) is 20.2 Å². The maximum atomic E-state index is 13.6. The Hall–Kier alpha value is -3.76. The minimum absolute atomic E-state index is 0.103. The van der Waals surface area contributed by atoms with Gasteiger partial charge in [-0.25, -0.2) is 4.98 Å². The van der Waals surface area contributed by atoms with Gasteiger partial charge in [-0.3, -0.25) is 14.2 Å². The summed E-state index contributed by atoms with van der Waals surface area (Å²) in [6.45, 7) is 1.94. The maximum Gasteiger partial charge on any atom is 0.417 e. The van der Waals surface area contributed by atoms with Crippen LogP contribution in [0.1, 0.15) is 53.8 Å². The van der Waals surface area contributed by atoms with E-state index in [1.54, 1.807) is 23.1 Å². The number of hydrogen-bond donors (Lipinski definition) is 1. The van der Waals surface area contributed by atoms with Crippen LogP contribution in [-0.2, 0) is 6.18 Å². The summed E-state index contributed by atoms with van der Waals surface area (Å²) in [7, 11) is 0. The summed E-state index contributed by atoms with van der Waals surface area (Å²) < 4.78 is 40.4. The molecule has 0 radical (unpaired) electrons. The lowest BCUT2D eigenvalue weighted by Crippen LogP contribution is -2.44. The lowest BCUT2D eigenvalue weighted by Gasteiger charge is -2.40. The summed E-state index contributed by atoms with van der Waals surface area (Å²) >= 11 is 0. The smallest absolute Gasteiger partial charge is 0.369 e. The number of benzene rings is 1. The van der Waals surface area contributed by atoms with Crippen molar-refractivity contribution in [3.8, 4) is 0 Å². The highest BCUT2D eigenvalue weighted by Crippen LogP contribution is 2.36. The zero-order chi connectivity index (χ0) is 23.3. The molecule has 1 aromatic carbocycles. The van der Waals surface area contributed by atoms with Crippen LogP contribution in [0.15, 0.2) is 42.9 Å². The molecule has 1 fully saturated rings. The van der Waals surface area contributed by atoms with Crippen molar-refractivity contribution in [2.75, 3.05) is 5.73 Å². The van der Waals surface area contributed by atoms with Crippen LogP contribution in [-0.4, -0.2) is 41.4 Å². The highest BCUT2D eigenvalue weighted by atomic mass is 19.4. The van der Waals surface area contributed by atoms with E-state index in [1.807, 2.05) is 6.92 Å². The Bertz CT molecular complexity index is 1350. The molecular weight excluding hydrogens is 435 g/mol. The molecule has 4 aromatic rings. The number of carbonyl (C=O) groups excluding carboxylic acids is 1. The molecule has 0 saturated carbocycles. The average Bonchev–Trinajstić information content (AvgIpc) is 3.29. The van der Waals surface area contributed by atoms with Crippen LogP contribution in [0.5, 0.6) is 0 Å². The first-order chi connectivity index (χ1) is 15.7. The number of halogens is 3. The molecule has 170 valence electrons. The van der Waals surface area contributed by atoms with E-state index in [0.717, 1.165) is 25.1 Å². The van der Waals surface area contributed by atoms with Crippen molar-refractivity contribution in [1.82, 2.24) is 29.5 Å². The molecule has 5 rings (SSSR count). The van der Waals surface area contributed by atoms with Crippen molar-refractivity contribution < 1.29 is 18.0 Å². The first kappa shape index (κ1) is 21.1. The van der Waals surface area contributed by atoms with Crippen molar-refractivity contribution in [3.63, 3.8) is 0 Å². The molecule has 1 amide bonds. The SMILES string of the molecule is CC1CCCC(c2ccc(C(F)(F)F)cn2)N1C(=O)c1ccc2nc(N)n3cnnc3c2c1. The summed E-state index contributed by atoms with van der Waals surface area (Å²) in [6.07, 6.45) is 0.0730. The third kappa shape index (κ3) is 3.62. The number of likely N-dealkylation sites (tertiary alicyclic amines) is 1. The maximum absolute atomic E-state index is 13.6. The molecule has 11 heteroatoms. The van der Waals surface area contributed by atoms with Crippen molar-refractivity contribution in [1.29, 1.82) is 0 Å². The second-order valence-electron chi connectivity index (χ2n) is 8.20. The Labute approximate surface area is 186 Å². The zero-order valence-electron chi connectivity index (χ0n) is 17.6. The monoisotopic (exact) mass is 455 g/mol. The molecule has 0 spiro atoms. The second kappa shape index (κ2) is 7.68. The van der Waals surface area contributed by atoms with Gasteiger partial charge in [0.15, 0.2) is 5.65 Å². The summed E-state index contributed by atoms with van der Waals surface area (Å²) in [5.74, 6) is 0.00459. The van der Waals surface area contributed by atoms with Crippen LogP contribution >= 0.6 is 0 Å². The number of rotatable bonds is 2. The van der Waals surface area contributed by atoms with Gasteiger partial charge in [0.2, 0.25) is 5.95 Å². The predicted octanol–water partition coefficient (Wildman–Crippen LogP) is 4.03. The van der Waals surface area contributed by atoms with Gasteiger partial charge in [0.1, 0.15) is 6.33 Å². The van der Waals surface area contributed by atoms with E-state index >= 15 is 0 Å². The Balaban J connectivity index is 1.53. The molecule has 2 unspecified atom stereocenters. The molecule has 2 N–H and O–H groups in total. The van der Waals surface area contributed by atoms with Gasteiger partial charge >= 0.3 is 6.18 Å². The summed E-state index contributed by atoms with van der Waals surface area (Å²) in [6, 6.07) is 6.92. The quantitative estimate of drug-likeness (QED) is 0.490. The normalized spacial score (nSPS) is 19.3. The molecule has 4 heterocycles. The van der Waals surface area contributed by atoms with Gasteiger partial charge in [-0.15, -0.1) is 10.2 Å². The molecule has 2 atom stereocenters. The Morgan fingerprint density at radius 1 is 1.18 bits per heavy atom. The predicted molar refractivity (Wildman–Crippen MR) is 114 cm³/mol. The molecular formula is C22H20F3N7O. The number of nitrogens with zero attached hydrogens (tertiary/aromatic N) is 6. The van der Waals surface area contributed by atoms with Crippen LogP contribution in [0.4, 0.5) is 19.1 Å². The third-order valence-electron chi connectivity index (χ3n) is 6.11. The summed E-state index contributed by atoms with van der Waals surface area (Å²) in [4.78, 5) is 23.7. The number of piperidine rings is 1. The fraction of sp³-hybridized carbons (Fsp3) is 0.318. The number of aromatic nitrogens is 5. The van der Waals surface area contributed by atoms with Crippen molar-refractivity contribution in [2.45, 2.75) is 44.4 Å². The fourth-order valence-electron chi connectivity index (χ4n) is 4.45. The number of carbonyl (C=O) groups is 1. The van der Waals surface area contributed by atoms with Gasteiger partial charge < -0.3 is 10.6 Å². The number of nitrogens with two attached hydrogens (primary N) is 1. The van der Waals surface area contributed by atoms with E-state index < -0.39 is 17.8 Å². The van der Waals surface area contributed by atoms with E-state index in [4.69, 9.17) is 5.73 Å². The third-order valence-corrected chi connectivity index (χ3v) is 6.11. The second-order valence-corrected chi connectivity index (χ2v) is 8.20. The van der Waals surface area contributed by atoms with E-state index in [0.29, 0.717) is 34.2 Å². The van der Waals surface area contributed by atoms with Crippen LogP contribution in [0.25, 0.3) is 16.6 Å². The van der Waals surface area contributed by atoms with Crippen LogP contribution in [0.3, 0.4) is 0 Å². The average molecular weight is 455 g/mol. The van der Waals surface area contributed by atoms with Gasteiger partial charge in [-0.2, -0.15) is 13.2 Å². The molecule has 1 saturated heterocycles. The van der Waals surface area contributed by atoms with Gasteiger partial charge in [0.25, 0.3) is 5.91 Å². The minimum atomic E-state index is -4.46. The summed E-state index contributed by atoms with van der Waals surface area (Å²) in [5.41, 5.74) is 7.06. The van der Waals surface area contributed by atoms with E-state index in [-0.39, 0.29) is 17.9 Å². The number of pyridine rings is 1. The molecule has 8 nitrogen and oxygen atoms in total. The number of hydrogen-bond acceptors (Lipinski definition) is 6. The molecule has 33 heavy (non-hydrogen) atoms. The first-order valence-electron chi connectivity index (χ1n) is 10.5. The molecule has 0 bridgehead atoms. The number of fused-ring (bicyclic) bond motifs is 3. The number of amides is 1. The number of anilines is 1. The van der Waals surface area contributed by atoms with Crippen molar-refractivity contribution >= 4 is 28.4 Å². The van der Waals surface area contributed by atoms with E-state index in [1.165, 1.54) is 16.8 Å². The van der Waals surface area contributed by atoms with E-state index in [9.17, 15) is 18.0 Å². The molecule has 0 aliphatic carbocycles. The zero-order valence-corrected chi connectivity index (χ0v) is 17.6. The molecule has 3 aromatic heterocycles. The highest BCUT2D eigenvalue weighted by molar-refractivity contribution is 6.01. The van der Waals surface area contributed by atoms with Crippen LogP contribution < -0.4 is 5.73 Å². The fourth-order valence-corrected chi connectivity index (χ4v) is 4.45. The topological polar surface area (TPSA) is 102 Å². The van der Waals surface area contributed by atoms with Gasteiger partial charge in [0, 0.05) is 23.2 Å². The standard InChI is InChI=1S/C22H20F3N7O/c1-12-3-2-4-18(17-8-6-14(10-27-17)22(23,24)25)32(12)20(33)13-5-7-16-15(9-13)19-30-28-11-31(19)21(26)29-16/h5-12,18H,2-4H2,1H3,(H2,26,29).